The number of fused-ring (bicyclic) bond motifs is 17. The fourth-order valence-corrected chi connectivity index (χ4v) is 12.6. The van der Waals surface area contributed by atoms with Gasteiger partial charge in [0.1, 0.15) is 34.2 Å². The molecule has 4 heteroatoms. The summed E-state index contributed by atoms with van der Waals surface area (Å²) in [4.78, 5) is 0. The molecule has 16 rings (SSSR count). The Morgan fingerprint density at radius 2 is 1.06 bits per heavy atom. The van der Waals surface area contributed by atoms with Crippen molar-refractivity contribution in [3.05, 3.63) is 216 Å². The standard InChI is InChI=1S/C66H42O4/c1-2-12-43-38(10-1)11-9-17-44(43)41-24-27-48-55(35-41)62(42-26-32-58-54(36-42)50-30-33-60-63(64(50)68-58)52-16-6-8-19-57(52)67-60)47-15-4-3-14-46(47)61(48)39-22-20-37(21-23-39)40-25-31-59-53(34-40)51-29-28-49-45-13-5-7-18-56(45)69-65(49)66(51)70-59/h1,3-11,13-27,30-36,52,57H,2,12,28-29H2. The molecule has 2 unspecified atom stereocenters. The quantitative estimate of drug-likeness (QED) is 0.165. The highest BCUT2D eigenvalue weighted by molar-refractivity contribution is 6.23. The van der Waals surface area contributed by atoms with Crippen molar-refractivity contribution < 1.29 is 18.0 Å². The number of para-hydroxylation sites is 1. The van der Waals surface area contributed by atoms with Crippen LogP contribution in [0.25, 0.3) is 128 Å². The van der Waals surface area contributed by atoms with Crippen LogP contribution in [0.2, 0.25) is 0 Å². The van der Waals surface area contributed by atoms with Crippen molar-refractivity contribution in [2.24, 2.45) is 0 Å². The van der Waals surface area contributed by atoms with Gasteiger partial charge in [-0.25, -0.2) is 0 Å². The Morgan fingerprint density at radius 1 is 0.414 bits per heavy atom. The summed E-state index contributed by atoms with van der Waals surface area (Å²) in [5.74, 6) is 2.79. The van der Waals surface area contributed by atoms with E-state index >= 15 is 0 Å². The van der Waals surface area contributed by atoms with Crippen molar-refractivity contribution >= 4 is 71.5 Å². The first-order chi connectivity index (χ1) is 34.7. The van der Waals surface area contributed by atoms with E-state index < -0.39 is 0 Å². The van der Waals surface area contributed by atoms with E-state index in [1.54, 1.807) is 0 Å². The van der Waals surface area contributed by atoms with E-state index in [1.807, 2.05) is 12.1 Å². The predicted octanol–water partition coefficient (Wildman–Crippen LogP) is 17.7. The van der Waals surface area contributed by atoms with E-state index in [0.717, 1.165) is 92.6 Å². The Balaban J connectivity index is 0.863. The molecule has 4 aliphatic rings. The van der Waals surface area contributed by atoms with Crippen molar-refractivity contribution in [2.45, 2.75) is 37.7 Å². The number of aryl methyl sites for hydroxylation is 2. The van der Waals surface area contributed by atoms with Crippen LogP contribution in [0.1, 0.15) is 40.2 Å². The molecule has 3 aromatic heterocycles. The first-order valence-corrected chi connectivity index (χ1v) is 24.6. The summed E-state index contributed by atoms with van der Waals surface area (Å²) >= 11 is 0. The van der Waals surface area contributed by atoms with E-state index in [9.17, 15) is 0 Å². The highest BCUT2D eigenvalue weighted by atomic mass is 16.5. The Bertz CT molecular complexity index is 4340. The van der Waals surface area contributed by atoms with Crippen LogP contribution < -0.4 is 4.74 Å². The molecule has 3 aliphatic carbocycles. The molecule has 0 bridgehead atoms. The molecule has 330 valence electrons. The van der Waals surface area contributed by atoms with Gasteiger partial charge in [0.15, 0.2) is 11.5 Å². The third-order valence-corrected chi connectivity index (χ3v) is 15.8. The van der Waals surface area contributed by atoms with Gasteiger partial charge in [0, 0.05) is 38.2 Å². The lowest BCUT2D eigenvalue weighted by molar-refractivity contribution is 0.269. The number of benzene rings is 9. The second-order valence-electron chi connectivity index (χ2n) is 19.5. The average Bonchev–Trinajstić information content (AvgIpc) is 4.20. The maximum Gasteiger partial charge on any atom is 0.174 e. The van der Waals surface area contributed by atoms with Gasteiger partial charge in [-0.05, 0) is 157 Å². The summed E-state index contributed by atoms with van der Waals surface area (Å²) < 4.78 is 26.1. The SMILES string of the molecule is C1=CC2Oc3ccc4c(oc5ccc(-c6c7ccccc7c(-c7ccc(-c8ccc9oc%10c(c9c8)CCc8c-%10oc9ccccc89)cc7)c7ccc(-c8cccc9c8CCC=C9)cc67)cc54)c3C2C=C1. The number of hydrogen-bond donors (Lipinski definition) is 0. The van der Waals surface area contributed by atoms with Gasteiger partial charge in [0.2, 0.25) is 0 Å². The molecule has 0 saturated carbocycles. The van der Waals surface area contributed by atoms with Crippen LogP contribution in [-0.2, 0) is 19.3 Å². The topological polar surface area (TPSA) is 48.7 Å². The summed E-state index contributed by atoms with van der Waals surface area (Å²) in [6.07, 6.45) is 17.1. The van der Waals surface area contributed by atoms with E-state index in [2.05, 4.69) is 182 Å². The van der Waals surface area contributed by atoms with E-state index in [-0.39, 0.29) is 12.0 Å². The van der Waals surface area contributed by atoms with Crippen molar-refractivity contribution in [3.8, 4) is 61.8 Å². The number of ether oxygens (including phenoxy) is 1. The maximum atomic E-state index is 6.77. The number of rotatable bonds is 4. The first-order valence-electron chi connectivity index (χ1n) is 24.6. The lowest BCUT2D eigenvalue weighted by Crippen LogP contribution is -2.15. The molecular formula is C66H42O4. The van der Waals surface area contributed by atoms with Gasteiger partial charge in [-0.15, -0.1) is 0 Å². The summed E-state index contributed by atoms with van der Waals surface area (Å²) in [7, 11) is 0. The van der Waals surface area contributed by atoms with Crippen LogP contribution >= 0.6 is 0 Å². The minimum absolute atomic E-state index is 0.00633. The molecule has 12 aromatic rings. The molecule has 0 N–H and O–H groups in total. The van der Waals surface area contributed by atoms with Crippen LogP contribution in [0.4, 0.5) is 0 Å². The molecule has 0 amide bonds. The van der Waals surface area contributed by atoms with E-state index in [0.29, 0.717) is 0 Å². The monoisotopic (exact) mass is 898 g/mol. The number of furan rings is 3. The molecule has 2 atom stereocenters. The minimum Gasteiger partial charge on any atom is -0.485 e. The van der Waals surface area contributed by atoms with Crippen LogP contribution in [0.15, 0.2) is 201 Å². The second-order valence-corrected chi connectivity index (χ2v) is 19.5. The highest BCUT2D eigenvalue weighted by Gasteiger charge is 2.36. The molecule has 9 aromatic carbocycles. The fourth-order valence-electron chi connectivity index (χ4n) is 12.6. The van der Waals surface area contributed by atoms with Crippen molar-refractivity contribution in [1.29, 1.82) is 0 Å². The summed E-state index contributed by atoms with van der Waals surface area (Å²) in [5.41, 5.74) is 19.7. The van der Waals surface area contributed by atoms with Gasteiger partial charge in [-0.1, -0.05) is 140 Å². The summed E-state index contributed by atoms with van der Waals surface area (Å²) in [6.45, 7) is 0. The number of allylic oxidation sites excluding steroid dienone is 3. The van der Waals surface area contributed by atoms with E-state index in [4.69, 9.17) is 18.0 Å². The van der Waals surface area contributed by atoms with Crippen LogP contribution in [0.5, 0.6) is 5.75 Å². The predicted molar refractivity (Wildman–Crippen MR) is 286 cm³/mol. The fraction of sp³-hybridized carbons (Fsp3) is 0.0909. The van der Waals surface area contributed by atoms with Crippen LogP contribution in [0, 0.1) is 0 Å². The molecule has 1 aliphatic heterocycles. The van der Waals surface area contributed by atoms with Crippen LogP contribution in [0.3, 0.4) is 0 Å². The third-order valence-electron chi connectivity index (χ3n) is 15.8. The van der Waals surface area contributed by atoms with Crippen LogP contribution in [-0.4, -0.2) is 6.10 Å². The highest BCUT2D eigenvalue weighted by Crippen LogP contribution is 2.51. The van der Waals surface area contributed by atoms with E-state index in [1.165, 1.54) is 88.1 Å². The molecule has 4 nitrogen and oxygen atoms in total. The second kappa shape index (κ2) is 14.5. The minimum atomic E-state index is -0.00633. The largest absolute Gasteiger partial charge is 0.485 e. The zero-order valence-corrected chi connectivity index (χ0v) is 38.1. The van der Waals surface area contributed by atoms with Gasteiger partial charge >= 0.3 is 0 Å². The van der Waals surface area contributed by atoms with Gasteiger partial charge in [0.25, 0.3) is 0 Å². The normalized spacial score (nSPS) is 16.6. The summed E-state index contributed by atoms with van der Waals surface area (Å²) in [6, 6.07) is 58.2. The van der Waals surface area contributed by atoms with Crippen molar-refractivity contribution in [1.82, 2.24) is 0 Å². The van der Waals surface area contributed by atoms with Gasteiger partial charge in [-0.3, -0.25) is 0 Å². The van der Waals surface area contributed by atoms with Gasteiger partial charge in [-0.2, -0.15) is 0 Å². The molecule has 0 saturated heterocycles. The third kappa shape index (κ3) is 5.47. The van der Waals surface area contributed by atoms with Gasteiger partial charge < -0.3 is 18.0 Å². The van der Waals surface area contributed by atoms with Crippen molar-refractivity contribution in [2.75, 3.05) is 0 Å². The molecule has 0 spiro atoms. The Labute approximate surface area is 403 Å². The maximum absolute atomic E-state index is 6.77. The Hall–Kier alpha value is -8.60. The van der Waals surface area contributed by atoms with Crippen molar-refractivity contribution in [3.63, 3.8) is 0 Å². The zero-order chi connectivity index (χ0) is 45.6. The van der Waals surface area contributed by atoms with Gasteiger partial charge in [0.05, 0.1) is 5.92 Å². The molecule has 0 fully saturated rings. The smallest absolute Gasteiger partial charge is 0.174 e. The molecular weight excluding hydrogens is 857 g/mol. The molecule has 70 heavy (non-hydrogen) atoms. The summed E-state index contributed by atoms with van der Waals surface area (Å²) in [5, 5.41) is 9.46. The number of hydrogen-bond acceptors (Lipinski definition) is 4. The lowest BCUT2D eigenvalue weighted by atomic mass is 9.83. The lowest BCUT2D eigenvalue weighted by Gasteiger charge is -2.20. The molecule has 4 heterocycles. The average molecular weight is 899 g/mol. The Kier molecular flexibility index (Phi) is 7.93. The zero-order valence-electron chi connectivity index (χ0n) is 38.1. The first kappa shape index (κ1) is 38.4. The Morgan fingerprint density at radius 3 is 1.91 bits per heavy atom. The molecule has 0 radical (unpaired) electrons.